The Balaban J connectivity index is 2.17. The molecular weight excluding hydrogens is 308 g/mol. The lowest BCUT2D eigenvalue weighted by atomic mass is 10.1. The predicted molar refractivity (Wildman–Crippen MR) is 96.7 cm³/mol. The third-order valence-electron chi connectivity index (χ3n) is 4.13. The van der Waals surface area contributed by atoms with E-state index in [1.54, 1.807) is 0 Å². The molecular formula is C18H21ClN4. The van der Waals surface area contributed by atoms with Crippen molar-refractivity contribution in [3.63, 3.8) is 0 Å². The molecule has 2 heterocycles. The summed E-state index contributed by atoms with van der Waals surface area (Å²) in [5.74, 6) is 0. The van der Waals surface area contributed by atoms with Crippen LogP contribution in [0.3, 0.4) is 0 Å². The van der Waals surface area contributed by atoms with E-state index in [0.717, 1.165) is 47.9 Å². The fourth-order valence-electron chi connectivity index (χ4n) is 2.75. The van der Waals surface area contributed by atoms with Crippen molar-refractivity contribution in [2.75, 3.05) is 18.8 Å². The Morgan fingerprint density at radius 1 is 1.09 bits per heavy atom. The lowest BCUT2D eigenvalue weighted by Crippen LogP contribution is -2.23. The summed E-state index contributed by atoms with van der Waals surface area (Å²) in [6.07, 6.45) is 1.93. The minimum Gasteiger partial charge on any atom is -0.399 e. The van der Waals surface area contributed by atoms with Gasteiger partial charge in [0.2, 0.25) is 0 Å². The summed E-state index contributed by atoms with van der Waals surface area (Å²) in [7, 11) is 0. The van der Waals surface area contributed by atoms with Crippen LogP contribution in [0.5, 0.6) is 0 Å². The Morgan fingerprint density at radius 2 is 1.78 bits per heavy atom. The first-order chi connectivity index (χ1) is 11.1. The van der Waals surface area contributed by atoms with Gasteiger partial charge in [0.15, 0.2) is 0 Å². The summed E-state index contributed by atoms with van der Waals surface area (Å²) in [5.41, 5.74) is 10.7. The van der Waals surface area contributed by atoms with Crippen LogP contribution >= 0.6 is 11.6 Å². The number of benzene rings is 1. The number of nitrogens with zero attached hydrogens (tertiary/aromatic N) is 3. The van der Waals surface area contributed by atoms with Crippen LogP contribution in [0.1, 0.15) is 19.5 Å². The Bertz CT molecular complexity index is 804. The van der Waals surface area contributed by atoms with E-state index >= 15 is 0 Å². The van der Waals surface area contributed by atoms with Gasteiger partial charge in [-0.1, -0.05) is 37.6 Å². The van der Waals surface area contributed by atoms with Crippen LogP contribution in [-0.2, 0) is 6.54 Å². The smallest absolute Gasteiger partial charge is 0.137 e. The van der Waals surface area contributed by atoms with Gasteiger partial charge in [-0.05, 0) is 37.4 Å². The Hall–Kier alpha value is -2.04. The molecule has 0 fully saturated rings. The zero-order chi connectivity index (χ0) is 16.4. The third kappa shape index (κ3) is 3.19. The first-order valence-corrected chi connectivity index (χ1v) is 8.25. The van der Waals surface area contributed by atoms with Gasteiger partial charge < -0.3 is 10.1 Å². The van der Waals surface area contributed by atoms with E-state index in [1.165, 1.54) is 0 Å². The average molecular weight is 329 g/mol. The molecule has 0 saturated heterocycles. The summed E-state index contributed by atoms with van der Waals surface area (Å²) in [6, 6.07) is 11.7. The molecule has 1 aromatic carbocycles. The molecule has 4 nitrogen and oxygen atoms in total. The van der Waals surface area contributed by atoms with E-state index in [9.17, 15) is 0 Å². The van der Waals surface area contributed by atoms with Gasteiger partial charge in [0.25, 0.3) is 0 Å². The lowest BCUT2D eigenvalue weighted by Gasteiger charge is -2.18. The number of halogens is 1. The summed E-state index contributed by atoms with van der Waals surface area (Å²) >= 11 is 6.19. The van der Waals surface area contributed by atoms with Crippen LogP contribution < -0.4 is 5.73 Å². The fraction of sp³-hybridized carbons (Fsp3) is 0.278. The summed E-state index contributed by atoms with van der Waals surface area (Å²) < 4.78 is 2.09. The molecule has 0 aliphatic heterocycles. The van der Waals surface area contributed by atoms with Crippen molar-refractivity contribution in [3.8, 4) is 11.3 Å². The minimum absolute atomic E-state index is 0.708. The minimum atomic E-state index is 0.708. The van der Waals surface area contributed by atoms with Crippen molar-refractivity contribution >= 4 is 22.9 Å². The molecule has 0 saturated carbocycles. The van der Waals surface area contributed by atoms with E-state index < -0.39 is 0 Å². The van der Waals surface area contributed by atoms with Crippen LogP contribution in [0.25, 0.3) is 16.9 Å². The van der Waals surface area contributed by atoms with Crippen LogP contribution in [0.15, 0.2) is 42.6 Å². The first-order valence-electron chi connectivity index (χ1n) is 7.87. The number of imidazole rings is 1. The average Bonchev–Trinajstić information content (AvgIpc) is 2.91. The van der Waals surface area contributed by atoms with Crippen molar-refractivity contribution < 1.29 is 0 Å². The van der Waals surface area contributed by atoms with Crippen molar-refractivity contribution in [1.82, 2.24) is 14.3 Å². The molecule has 0 spiro atoms. The van der Waals surface area contributed by atoms with E-state index in [2.05, 4.69) is 23.1 Å². The molecule has 0 radical (unpaired) electrons. The zero-order valence-electron chi connectivity index (χ0n) is 13.5. The number of nitrogens with two attached hydrogens (primary N) is 1. The molecule has 2 N–H and O–H groups in total. The van der Waals surface area contributed by atoms with E-state index in [1.807, 2.05) is 42.6 Å². The zero-order valence-corrected chi connectivity index (χ0v) is 14.2. The van der Waals surface area contributed by atoms with Crippen LogP contribution in [0.4, 0.5) is 5.69 Å². The molecule has 0 atom stereocenters. The molecule has 120 valence electrons. The fourth-order valence-corrected chi connectivity index (χ4v) is 2.91. The number of nitrogen functional groups attached to an aromatic ring is 1. The highest BCUT2D eigenvalue weighted by atomic mass is 35.5. The predicted octanol–water partition coefficient (Wildman–Crippen LogP) is 4.08. The SMILES string of the molecule is CCN(CC)Cc1c(-c2ccc(N)cc2)nc2ccc(Cl)cn12. The number of anilines is 1. The maximum atomic E-state index is 6.19. The standard InChI is InChI=1S/C18H21ClN4/c1-3-22(4-2)12-16-18(13-5-8-15(20)9-6-13)21-17-10-7-14(19)11-23(16)17/h5-11H,3-4,12,20H2,1-2H3. The van der Waals surface area contributed by atoms with Gasteiger partial charge >= 0.3 is 0 Å². The van der Waals surface area contributed by atoms with Gasteiger partial charge in [-0.3, -0.25) is 4.90 Å². The number of rotatable bonds is 5. The molecule has 0 amide bonds. The summed E-state index contributed by atoms with van der Waals surface area (Å²) in [4.78, 5) is 7.18. The lowest BCUT2D eigenvalue weighted by molar-refractivity contribution is 0.292. The van der Waals surface area contributed by atoms with Crippen molar-refractivity contribution in [2.45, 2.75) is 20.4 Å². The topological polar surface area (TPSA) is 46.6 Å². The number of hydrogen-bond donors (Lipinski definition) is 1. The van der Waals surface area contributed by atoms with Gasteiger partial charge in [0.1, 0.15) is 5.65 Å². The normalized spacial score (nSPS) is 11.5. The van der Waals surface area contributed by atoms with E-state index in [-0.39, 0.29) is 0 Å². The van der Waals surface area contributed by atoms with Crippen LogP contribution in [-0.4, -0.2) is 27.4 Å². The molecule has 2 aromatic heterocycles. The van der Waals surface area contributed by atoms with E-state index in [0.29, 0.717) is 5.02 Å². The maximum Gasteiger partial charge on any atom is 0.137 e. The molecule has 0 aliphatic rings. The van der Waals surface area contributed by atoms with Gasteiger partial charge in [0.05, 0.1) is 16.4 Å². The highest BCUT2D eigenvalue weighted by Gasteiger charge is 2.16. The van der Waals surface area contributed by atoms with Crippen molar-refractivity contribution in [1.29, 1.82) is 0 Å². The van der Waals surface area contributed by atoms with Gasteiger partial charge in [-0.2, -0.15) is 0 Å². The molecule has 0 bridgehead atoms. The van der Waals surface area contributed by atoms with Gasteiger partial charge in [-0.15, -0.1) is 0 Å². The van der Waals surface area contributed by atoms with Crippen LogP contribution in [0.2, 0.25) is 5.02 Å². The maximum absolute atomic E-state index is 6.19. The second kappa shape index (κ2) is 6.60. The van der Waals surface area contributed by atoms with Crippen molar-refractivity contribution in [3.05, 3.63) is 53.3 Å². The number of aromatic nitrogens is 2. The Kier molecular flexibility index (Phi) is 4.55. The summed E-state index contributed by atoms with van der Waals surface area (Å²) in [6.45, 7) is 7.15. The first kappa shape index (κ1) is 15.8. The van der Waals surface area contributed by atoms with E-state index in [4.69, 9.17) is 22.3 Å². The quantitative estimate of drug-likeness (QED) is 0.718. The number of fused-ring (bicyclic) bond motifs is 1. The molecule has 5 heteroatoms. The Labute approximate surface area is 141 Å². The molecule has 3 rings (SSSR count). The Morgan fingerprint density at radius 3 is 2.43 bits per heavy atom. The van der Waals surface area contributed by atoms with Gasteiger partial charge in [-0.25, -0.2) is 4.98 Å². The highest BCUT2D eigenvalue weighted by molar-refractivity contribution is 6.30. The molecule has 23 heavy (non-hydrogen) atoms. The monoisotopic (exact) mass is 328 g/mol. The molecule has 0 unspecified atom stereocenters. The van der Waals surface area contributed by atoms with Crippen molar-refractivity contribution in [2.24, 2.45) is 0 Å². The van der Waals surface area contributed by atoms with Crippen LogP contribution in [0, 0.1) is 0 Å². The third-order valence-corrected chi connectivity index (χ3v) is 4.36. The molecule has 0 aliphatic carbocycles. The molecule has 3 aromatic rings. The highest BCUT2D eigenvalue weighted by Crippen LogP contribution is 2.27. The summed E-state index contributed by atoms with van der Waals surface area (Å²) in [5, 5.41) is 0.708. The largest absolute Gasteiger partial charge is 0.399 e. The van der Waals surface area contributed by atoms with Gasteiger partial charge in [0, 0.05) is 24.0 Å². The second-order valence-electron chi connectivity index (χ2n) is 5.57. The number of hydrogen-bond acceptors (Lipinski definition) is 3. The number of pyridine rings is 1. The second-order valence-corrected chi connectivity index (χ2v) is 6.00.